The zero-order valence-electron chi connectivity index (χ0n) is 19.2. The van der Waals surface area contributed by atoms with Gasteiger partial charge in [-0.2, -0.15) is 0 Å². The minimum Gasteiger partial charge on any atom is -0.338 e. The first-order valence-corrected chi connectivity index (χ1v) is 11.8. The monoisotopic (exact) mass is 448 g/mol. The largest absolute Gasteiger partial charge is 0.338 e. The molecule has 35 heavy (non-hydrogen) atoms. The molecular formula is C33H24N2. The lowest BCUT2D eigenvalue weighted by Crippen LogP contribution is -1.97. The minimum absolute atomic E-state index is 0.884. The van der Waals surface area contributed by atoms with Gasteiger partial charge < -0.3 is 4.98 Å². The Kier molecular flexibility index (Phi) is 5.54. The number of H-pyrrole nitrogens is 1. The molecule has 0 radical (unpaired) electrons. The quantitative estimate of drug-likeness (QED) is 0.264. The molecule has 0 fully saturated rings. The van der Waals surface area contributed by atoms with Gasteiger partial charge in [-0.05, 0) is 45.5 Å². The van der Waals surface area contributed by atoms with Crippen LogP contribution < -0.4 is 0 Å². The van der Waals surface area contributed by atoms with Crippen molar-refractivity contribution in [2.45, 2.75) is 0 Å². The predicted octanol–water partition coefficient (Wildman–Crippen LogP) is 8.24. The van der Waals surface area contributed by atoms with Crippen LogP contribution in [0.15, 0.2) is 140 Å². The van der Waals surface area contributed by atoms with E-state index in [2.05, 4.69) is 126 Å². The standard InChI is InChI=1S/C33H24N2/c1-4-12-24(13-5-1)31(25-14-6-2-7-15-25)32(26-16-8-3-9-17-26)27-20-22-28(23-21-27)33-34-29-18-10-11-19-30(29)35-33/h1-23H,(H,34,35). The zero-order chi connectivity index (χ0) is 23.5. The van der Waals surface area contributed by atoms with Crippen molar-refractivity contribution in [1.82, 2.24) is 9.97 Å². The van der Waals surface area contributed by atoms with Crippen molar-refractivity contribution in [2.24, 2.45) is 0 Å². The molecule has 0 aliphatic rings. The van der Waals surface area contributed by atoms with Gasteiger partial charge in [0.2, 0.25) is 0 Å². The van der Waals surface area contributed by atoms with E-state index in [1.165, 1.54) is 33.4 Å². The fraction of sp³-hybridized carbons (Fsp3) is 0. The van der Waals surface area contributed by atoms with Crippen molar-refractivity contribution in [3.63, 3.8) is 0 Å². The number of nitrogens with one attached hydrogen (secondary N) is 1. The first kappa shape index (κ1) is 20.9. The Bertz CT molecular complexity index is 1520. The fourth-order valence-corrected chi connectivity index (χ4v) is 4.61. The zero-order valence-corrected chi connectivity index (χ0v) is 19.2. The molecule has 0 bridgehead atoms. The third-order valence-electron chi connectivity index (χ3n) is 6.27. The lowest BCUT2D eigenvalue weighted by Gasteiger charge is -2.18. The molecule has 0 aliphatic heterocycles. The lowest BCUT2D eigenvalue weighted by atomic mass is 9.85. The van der Waals surface area contributed by atoms with Crippen molar-refractivity contribution in [3.05, 3.63) is 162 Å². The van der Waals surface area contributed by atoms with Gasteiger partial charge in [-0.1, -0.05) is 127 Å². The average molecular weight is 449 g/mol. The summed E-state index contributed by atoms with van der Waals surface area (Å²) >= 11 is 0. The van der Waals surface area contributed by atoms with E-state index in [1.54, 1.807) is 0 Å². The SMILES string of the molecule is c1ccc(C(=C(c2ccccc2)c2ccc(-c3nc4ccccc4[nH]3)cc2)c2ccccc2)cc1. The molecule has 6 rings (SSSR count). The first-order valence-electron chi connectivity index (χ1n) is 11.8. The van der Waals surface area contributed by atoms with Crippen molar-refractivity contribution >= 4 is 22.2 Å². The van der Waals surface area contributed by atoms with Gasteiger partial charge in [-0.25, -0.2) is 4.98 Å². The predicted molar refractivity (Wildman–Crippen MR) is 146 cm³/mol. The highest BCUT2D eigenvalue weighted by Gasteiger charge is 2.16. The van der Waals surface area contributed by atoms with E-state index < -0.39 is 0 Å². The van der Waals surface area contributed by atoms with Crippen LogP contribution in [-0.4, -0.2) is 9.97 Å². The van der Waals surface area contributed by atoms with Crippen LogP contribution in [0.4, 0.5) is 0 Å². The van der Waals surface area contributed by atoms with Gasteiger partial charge in [0.15, 0.2) is 0 Å². The second-order valence-electron chi connectivity index (χ2n) is 8.53. The molecule has 0 amide bonds. The number of fused-ring (bicyclic) bond motifs is 1. The average Bonchev–Trinajstić information content (AvgIpc) is 3.38. The summed E-state index contributed by atoms with van der Waals surface area (Å²) in [6, 6.07) is 48.8. The molecule has 6 aromatic rings. The Morgan fingerprint density at radius 1 is 0.429 bits per heavy atom. The molecule has 0 spiro atoms. The third-order valence-corrected chi connectivity index (χ3v) is 6.27. The molecular weight excluding hydrogens is 424 g/mol. The van der Waals surface area contributed by atoms with E-state index in [-0.39, 0.29) is 0 Å². The minimum atomic E-state index is 0.884. The Morgan fingerprint density at radius 3 is 1.34 bits per heavy atom. The summed E-state index contributed by atoms with van der Waals surface area (Å²) in [6.07, 6.45) is 0. The van der Waals surface area contributed by atoms with Crippen LogP contribution in [0.25, 0.3) is 33.6 Å². The highest BCUT2D eigenvalue weighted by atomic mass is 14.9. The molecule has 5 aromatic carbocycles. The van der Waals surface area contributed by atoms with E-state index in [0.717, 1.165) is 22.4 Å². The van der Waals surface area contributed by atoms with Gasteiger partial charge in [0.25, 0.3) is 0 Å². The summed E-state index contributed by atoms with van der Waals surface area (Å²) in [5.41, 5.74) is 10.3. The number of aromatic amines is 1. The molecule has 2 nitrogen and oxygen atoms in total. The second kappa shape index (κ2) is 9.28. The Labute approximate surface area is 205 Å². The van der Waals surface area contributed by atoms with Crippen LogP contribution in [0.5, 0.6) is 0 Å². The summed E-state index contributed by atoms with van der Waals surface area (Å²) in [5.74, 6) is 0.884. The Hall–Kier alpha value is -4.69. The van der Waals surface area contributed by atoms with E-state index in [9.17, 15) is 0 Å². The molecule has 0 atom stereocenters. The van der Waals surface area contributed by atoms with E-state index in [4.69, 9.17) is 4.98 Å². The normalized spacial score (nSPS) is 10.9. The van der Waals surface area contributed by atoms with Crippen molar-refractivity contribution in [3.8, 4) is 11.4 Å². The molecule has 0 unspecified atom stereocenters. The maximum Gasteiger partial charge on any atom is 0.138 e. The number of imidazole rings is 1. The number of para-hydroxylation sites is 2. The van der Waals surface area contributed by atoms with E-state index in [1.807, 2.05) is 18.2 Å². The van der Waals surface area contributed by atoms with Gasteiger partial charge in [0.1, 0.15) is 5.82 Å². The molecule has 1 heterocycles. The molecule has 166 valence electrons. The highest BCUT2D eigenvalue weighted by molar-refractivity contribution is 6.04. The number of hydrogen-bond acceptors (Lipinski definition) is 1. The second-order valence-corrected chi connectivity index (χ2v) is 8.53. The number of hydrogen-bond donors (Lipinski definition) is 1. The molecule has 0 saturated carbocycles. The fourth-order valence-electron chi connectivity index (χ4n) is 4.61. The number of aromatic nitrogens is 2. The van der Waals surface area contributed by atoms with Crippen molar-refractivity contribution < 1.29 is 0 Å². The van der Waals surface area contributed by atoms with Crippen LogP contribution >= 0.6 is 0 Å². The molecule has 0 aliphatic carbocycles. The summed E-state index contributed by atoms with van der Waals surface area (Å²) in [5, 5.41) is 0. The van der Waals surface area contributed by atoms with Crippen LogP contribution in [0.1, 0.15) is 22.3 Å². The smallest absolute Gasteiger partial charge is 0.138 e. The number of rotatable bonds is 5. The van der Waals surface area contributed by atoms with E-state index >= 15 is 0 Å². The van der Waals surface area contributed by atoms with Gasteiger partial charge in [-0.3, -0.25) is 0 Å². The van der Waals surface area contributed by atoms with E-state index in [0.29, 0.717) is 0 Å². The van der Waals surface area contributed by atoms with Crippen LogP contribution in [-0.2, 0) is 0 Å². The Morgan fingerprint density at radius 2 is 0.857 bits per heavy atom. The summed E-state index contributed by atoms with van der Waals surface area (Å²) < 4.78 is 0. The summed E-state index contributed by atoms with van der Waals surface area (Å²) in [7, 11) is 0. The van der Waals surface area contributed by atoms with Gasteiger partial charge in [0, 0.05) is 5.56 Å². The van der Waals surface area contributed by atoms with Crippen LogP contribution in [0, 0.1) is 0 Å². The molecule has 1 N–H and O–H groups in total. The number of nitrogens with zero attached hydrogens (tertiary/aromatic N) is 1. The lowest BCUT2D eigenvalue weighted by molar-refractivity contribution is 1.33. The molecule has 1 aromatic heterocycles. The summed E-state index contributed by atoms with van der Waals surface area (Å²) in [4.78, 5) is 8.22. The van der Waals surface area contributed by atoms with Gasteiger partial charge in [0.05, 0.1) is 11.0 Å². The molecule has 0 saturated heterocycles. The molecule has 2 heteroatoms. The summed E-state index contributed by atoms with van der Waals surface area (Å²) in [6.45, 7) is 0. The number of benzene rings is 5. The topological polar surface area (TPSA) is 28.7 Å². The highest BCUT2D eigenvalue weighted by Crippen LogP contribution is 2.37. The van der Waals surface area contributed by atoms with Gasteiger partial charge >= 0.3 is 0 Å². The first-order chi connectivity index (χ1) is 17.4. The van der Waals surface area contributed by atoms with Gasteiger partial charge in [-0.15, -0.1) is 0 Å². The van der Waals surface area contributed by atoms with Crippen LogP contribution in [0.2, 0.25) is 0 Å². The van der Waals surface area contributed by atoms with Crippen LogP contribution in [0.3, 0.4) is 0 Å². The van der Waals surface area contributed by atoms with Crippen molar-refractivity contribution in [1.29, 1.82) is 0 Å². The Balaban J connectivity index is 1.55. The maximum atomic E-state index is 4.78. The third kappa shape index (κ3) is 4.18. The maximum absolute atomic E-state index is 4.78. The van der Waals surface area contributed by atoms with Crippen molar-refractivity contribution in [2.75, 3.05) is 0 Å².